The van der Waals surface area contributed by atoms with Crippen molar-refractivity contribution in [3.05, 3.63) is 35.9 Å². The van der Waals surface area contributed by atoms with Crippen LogP contribution in [0, 0.1) is 5.92 Å². The van der Waals surface area contributed by atoms with Gasteiger partial charge in [-0.3, -0.25) is 9.63 Å². The van der Waals surface area contributed by atoms with Crippen molar-refractivity contribution in [1.29, 1.82) is 0 Å². The van der Waals surface area contributed by atoms with Gasteiger partial charge in [-0.1, -0.05) is 43.2 Å². The zero-order chi connectivity index (χ0) is 12.8. The van der Waals surface area contributed by atoms with Crippen LogP contribution in [0.25, 0.3) is 0 Å². The Balaban J connectivity index is 1.74. The van der Waals surface area contributed by atoms with E-state index in [2.05, 4.69) is 5.48 Å². The summed E-state index contributed by atoms with van der Waals surface area (Å²) in [6, 6.07) is 9.72. The highest BCUT2D eigenvalue weighted by Crippen LogP contribution is 2.22. The van der Waals surface area contributed by atoms with Crippen LogP contribution in [0.15, 0.2) is 30.3 Å². The number of rotatable bonds is 4. The highest BCUT2D eigenvalue weighted by molar-refractivity contribution is 5.78. The number of nitrogens with two attached hydrogens (primary N) is 1. The molecule has 98 valence electrons. The molecule has 3 N–H and O–H groups in total. The molecule has 2 rings (SSSR count). The standard InChI is InChI=1S/C14H20N2O2/c15-13-9-5-4-8-12(13)14(17)16-18-10-11-6-2-1-3-7-11/h1-3,6-7,12-13H,4-5,8-10,15H2,(H,16,17). The van der Waals surface area contributed by atoms with Crippen molar-refractivity contribution in [2.45, 2.75) is 38.3 Å². The Labute approximate surface area is 107 Å². The molecule has 18 heavy (non-hydrogen) atoms. The number of benzene rings is 1. The van der Waals surface area contributed by atoms with Crippen LogP contribution in [-0.4, -0.2) is 11.9 Å². The largest absolute Gasteiger partial charge is 0.327 e. The molecule has 1 aliphatic rings. The minimum Gasteiger partial charge on any atom is -0.327 e. The summed E-state index contributed by atoms with van der Waals surface area (Å²) in [6.45, 7) is 0.383. The van der Waals surface area contributed by atoms with Crippen LogP contribution < -0.4 is 11.2 Å². The van der Waals surface area contributed by atoms with Crippen molar-refractivity contribution >= 4 is 5.91 Å². The van der Waals surface area contributed by atoms with E-state index < -0.39 is 0 Å². The quantitative estimate of drug-likeness (QED) is 0.798. The number of carbonyl (C=O) groups is 1. The zero-order valence-electron chi connectivity index (χ0n) is 10.5. The lowest BCUT2D eigenvalue weighted by atomic mass is 9.85. The molecule has 0 aliphatic heterocycles. The number of amides is 1. The van der Waals surface area contributed by atoms with Gasteiger partial charge in [-0.25, -0.2) is 5.48 Å². The molecule has 4 heteroatoms. The summed E-state index contributed by atoms with van der Waals surface area (Å²) < 4.78 is 0. The van der Waals surface area contributed by atoms with E-state index in [0.29, 0.717) is 6.61 Å². The van der Waals surface area contributed by atoms with E-state index in [1.165, 1.54) is 0 Å². The van der Waals surface area contributed by atoms with Gasteiger partial charge in [0.05, 0.1) is 12.5 Å². The maximum Gasteiger partial charge on any atom is 0.248 e. The SMILES string of the molecule is NC1CCCCC1C(=O)NOCc1ccccc1. The van der Waals surface area contributed by atoms with Gasteiger partial charge >= 0.3 is 0 Å². The molecule has 1 aliphatic carbocycles. The molecule has 1 saturated carbocycles. The molecule has 4 nitrogen and oxygen atoms in total. The smallest absolute Gasteiger partial charge is 0.248 e. The molecule has 0 bridgehead atoms. The van der Waals surface area contributed by atoms with Gasteiger partial charge in [0.15, 0.2) is 0 Å². The van der Waals surface area contributed by atoms with Crippen LogP contribution in [0.1, 0.15) is 31.2 Å². The zero-order valence-corrected chi connectivity index (χ0v) is 10.5. The third kappa shape index (κ3) is 3.55. The summed E-state index contributed by atoms with van der Waals surface area (Å²) in [5.41, 5.74) is 9.49. The van der Waals surface area contributed by atoms with Crippen molar-refractivity contribution in [2.75, 3.05) is 0 Å². The average Bonchev–Trinajstić information content (AvgIpc) is 2.40. The van der Waals surface area contributed by atoms with Gasteiger partial charge in [-0.05, 0) is 18.4 Å². The molecule has 1 fully saturated rings. The lowest BCUT2D eigenvalue weighted by Gasteiger charge is -2.27. The molecule has 0 heterocycles. The number of hydrogen-bond donors (Lipinski definition) is 2. The van der Waals surface area contributed by atoms with Gasteiger partial charge < -0.3 is 5.73 Å². The second kappa shape index (κ2) is 6.52. The van der Waals surface area contributed by atoms with Gasteiger partial charge in [0.1, 0.15) is 0 Å². The second-order valence-electron chi connectivity index (χ2n) is 4.80. The van der Waals surface area contributed by atoms with Crippen molar-refractivity contribution in [2.24, 2.45) is 11.7 Å². The lowest BCUT2D eigenvalue weighted by Crippen LogP contribution is -2.43. The van der Waals surface area contributed by atoms with Gasteiger partial charge in [-0.2, -0.15) is 0 Å². The first kappa shape index (κ1) is 13.1. The number of hydroxylamine groups is 1. The first-order valence-electron chi connectivity index (χ1n) is 6.48. The van der Waals surface area contributed by atoms with Crippen molar-refractivity contribution < 1.29 is 9.63 Å². The predicted octanol–water partition coefficient (Wildman–Crippen LogP) is 1.75. The monoisotopic (exact) mass is 248 g/mol. The van der Waals surface area contributed by atoms with E-state index in [1.807, 2.05) is 30.3 Å². The van der Waals surface area contributed by atoms with E-state index in [9.17, 15) is 4.79 Å². The van der Waals surface area contributed by atoms with Crippen LogP contribution >= 0.6 is 0 Å². The molecule has 1 aromatic carbocycles. The van der Waals surface area contributed by atoms with Crippen molar-refractivity contribution in [3.63, 3.8) is 0 Å². The van der Waals surface area contributed by atoms with Crippen molar-refractivity contribution in [1.82, 2.24) is 5.48 Å². The first-order valence-corrected chi connectivity index (χ1v) is 6.48. The summed E-state index contributed by atoms with van der Waals surface area (Å²) in [6.07, 6.45) is 3.98. The normalized spacial score (nSPS) is 23.6. The fourth-order valence-corrected chi connectivity index (χ4v) is 2.33. The maximum absolute atomic E-state index is 11.9. The van der Waals surface area contributed by atoms with E-state index in [1.54, 1.807) is 0 Å². The fraction of sp³-hybridized carbons (Fsp3) is 0.500. The lowest BCUT2D eigenvalue weighted by molar-refractivity contribution is -0.140. The summed E-state index contributed by atoms with van der Waals surface area (Å²) in [5.74, 6) is -0.187. The molecule has 1 amide bonds. The summed E-state index contributed by atoms with van der Waals surface area (Å²) in [7, 11) is 0. The molecule has 0 spiro atoms. The number of carbonyl (C=O) groups excluding carboxylic acids is 1. The highest BCUT2D eigenvalue weighted by atomic mass is 16.6. The van der Waals surface area contributed by atoms with E-state index in [-0.39, 0.29) is 17.9 Å². The Kier molecular flexibility index (Phi) is 4.73. The molecule has 0 saturated heterocycles. The van der Waals surface area contributed by atoms with Gasteiger partial charge in [0.2, 0.25) is 5.91 Å². The second-order valence-corrected chi connectivity index (χ2v) is 4.80. The minimum absolute atomic E-state index is 0.0286. The summed E-state index contributed by atoms with van der Waals surface area (Å²) in [4.78, 5) is 17.1. The Morgan fingerprint density at radius 3 is 2.72 bits per heavy atom. The molecule has 2 unspecified atom stereocenters. The Hall–Kier alpha value is -1.39. The van der Waals surface area contributed by atoms with Gasteiger partial charge in [-0.15, -0.1) is 0 Å². The molecule has 0 radical (unpaired) electrons. The highest BCUT2D eigenvalue weighted by Gasteiger charge is 2.28. The Morgan fingerprint density at radius 2 is 2.00 bits per heavy atom. The van der Waals surface area contributed by atoms with Gasteiger partial charge in [0.25, 0.3) is 0 Å². The maximum atomic E-state index is 11.9. The average molecular weight is 248 g/mol. The fourth-order valence-electron chi connectivity index (χ4n) is 2.33. The molecule has 0 aromatic heterocycles. The molecular weight excluding hydrogens is 228 g/mol. The van der Waals surface area contributed by atoms with Crippen LogP contribution in [0.3, 0.4) is 0 Å². The van der Waals surface area contributed by atoms with Crippen LogP contribution in [0.4, 0.5) is 0 Å². The molecule has 2 atom stereocenters. The third-order valence-corrected chi connectivity index (χ3v) is 3.41. The minimum atomic E-state index is -0.102. The Morgan fingerprint density at radius 1 is 1.28 bits per heavy atom. The molecule has 1 aromatic rings. The van der Waals surface area contributed by atoms with E-state index in [0.717, 1.165) is 31.2 Å². The summed E-state index contributed by atoms with van der Waals surface area (Å²) in [5, 5.41) is 0. The van der Waals surface area contributed by atoms with E-state index in [4.69, 9.17) is 10.6 Å². The van der Waals surface area contributed by atoms with Crippen LogP contribution in [-0.2, 0) is 16.2 Å². The van der Waals surface area contributed by atoms with Crippen molar-refractivity contribution in [3.8, 4) is 0 Å². The van der Waals surface area contributed by atoms with Gasteiger partial charge in [0, 0.05) is 6.04 Å². The Bertz CT molecular complexity index is 381. The number of nitrogens with one attached hydrogen (secondary N) is 1. The summed E-state index contributed by atoms with van der Waals surface area (Å²) >= 11 is 0. The third-order valence-electron chi connectivity index (χ3n) is 3.41. The first-order chi connectivity index (χ1) is 8.77. The van der Waals surface area contributed by atoms with Crippen LogP contribution in [0.5, 0.6) is 0 Å². The number of hydrogen-bond acceptors (Lipinski definition) is 3. The van der Waals surface area contributed by atoms with Crippen LogP contribution in [0.2, 0.25) is 0 Å². The molecular formula is C14H20N2O2. The predicted molar refractivity (Wildman–Crippen MR) is 69.3 cm³/mol. The topological polar surface area (TPSA) is 64.4 Å². The van der Waals surface area contributed by atoms with E-state index >= 15 is 0 Å².